The van der Waals surface area contributed by atoms with E-state index in [9.17, 15) is 9.59 Å². The van der Waals surface area contributed by atoms with Crippen LogP contribution in [0.15, 0.2) is 77.2 Å². The highest BCUT2D eigenvalue weighted by Crippen LogP contribution is 2.20. The Kier molecular flexibility index (Phi) is 4.26. The summed E-state index contributed by atoms with van der Waals surface area (Å²) in [6, 6.07) is 20.9. The molecule has 0 spiro atoms. The summed E-state index contributed by atoms with van der Waals surface area (Å²) in [6.07, 6.45) is 0. The summed E-state index contributed by atoms with van der Waals surface area (Å²) in [5.41, 5.74) is 3.62. The molecule has 0 unspecified atom stereocenters. The zero-order chi connectivity index (χ0) is 18.8. The standard InChI is InChI=1S/C22H16N2O3/c1-14-23-19-13-18(11-12-20(19)27-14)24-22(26)17-9-7-16(8-10-17)21(25)15-5-3-2-4-6-15/h2-13H,1H3,(H,24,26). The van der Waals surface area contributed by atoms with Gasteiger partial charge in [-0.15, -0.1) is 0 Å². The fraction of sp³-hybridized carbons (Fsp3) is 0.0455. The lowest BCUT2D eigenvalue weighted by atomic mass is 10.0. The second kappa shape index (κ2) is 6.88. The maximum Gasteiger partial charge on any atom is 0.255 e. The van der Waals surface area contributed by atoms with Crippen LogP contribution in [0.2, 0.25) is 0 Å². The molecule has 1 heterocycles. The van der Waals surface area contributed by atoms with Crippen molar-refractivity contribution in [2.75, 3.05) is 5.32 Å². The van der Waals surface area contributed by atoms with Crippen molar-refractivity contribution in [2.45, 2.75) is 6.92 Å². The van der Waals surface area contributed by atoms with E-state index in [-0.39, 0.29) is 11.7 Å². The lowest BCUT2D eigenvalue weighted by molar-refractivity contribution is 0.102. The minimum absolute atomic E-state index is 0.0746. The average molecular weight is 356 g/mol. The molecule has 0 atom stereocenters. The number of rotatable bonds is 4. The molecule has 0 bridgehead atoms. The quantitative estimate of drug-likeness (QED) is 0.542. The van der Waals surface area contributed by atoms with Gasteiger partial charge < -0.3 is 9.73 Å². The highest BCUT2D eigenvalue weighted by atomic mass is 16.3. The molecule has 3 aromatic carbocycles. The van der Waals surface area contributed by atoms with Crippen molar-refractivity contribution in [2.24, 2.45) is 0 Å². The number of fused-ring (bicyclic) bond motifs is 1. The van der Waals surface area contributed by atoms with Gasteiger partial charge in [0.05, 0.1) is 0 Å². The van der Waals surface area contributed by atoms with Crippen LogP contribution >= 0.6 is 0 Å². The van der Waals surface area contributed by atoms with E-state index in [4.69, 9.17) is 4.42 Å². The summed E-state index contributed by atoms with van der Waals surface area (Å²) in [5, 5.41) is 2.83. The molecule has 4 rings (SSSR count). The van der Waals surface area contributed by atoms with Crippen LogP contribution in [0.25, 0.3) is 11.1 Å². The molecular weight excluding hydrogens is 340 g/mol. The number of aromatic nitrogens is 1. The maximum absolute atomic E-state index is 12.5. The van der Waals surface area contributed by atoms with Gasteiger partial charge in [-0.3, -0.25) is 9.59 Å². The molecule has 4 aromatic rings. The molecule has 1 N–H and O–H groups in total. The largest absolute Gasteiger partial charge is 0.441 e. The monoisotopic (exact) mass is 356 g/mol. The molecule has 0 saturated heterocycles. The van der Waals surface area contributed by atoms with Gasteiger partial charge in [0.1, 0.15) is 5.52 Å². The highest BCUT2D eigenvalue weighted by Gasteiger charge is 2.11. The molecule has 1 amide bonds. The average Bonchev–Trinajstić information content (AvgIpc) is 3.07. The van der Waals surface area contributed by atoms with Crippen LogP contribution in [0, 0.1) is 6.92 Å². The summed E-state index contributed by atoms with van der Waals surface area (Å²) < 4.78 is 5.43. The van der Waals surface area contributed by atoms with Crippen molar-refractivity contribution < 1.29 is 14.0 Å². The number of nitrogens with zero attached hydrogens (tertiary/aromatic N) is 1. The number of aryl methyl sites for hydroxylation is 1. The zero-order valence-corrected chi connectivity index (χ0v) is 14.6. The number of benzene rings is 3. The minimum atomic E-state index is -0.256. The van der Waals surface area contributed by atoms with Gasteiger partial charge in [0, 0.05) is 29.3 Å². The lowest BCUT2D eigenvalue weighted by Crippen LogP contribution is -2.12. The van der Waals surface area contributed by atoms with Crippen LogP contribution in [0.1, 0.15) is 32.2 Å². The summed E-state index contributed by atoms with van der Waals surface area (Å²) in [7, 11) is 0. The third-order valence-corrected chi connectivity index (χ3v) is 4.20. The van der Waals surface area contributed by atoms with Crippen molar-refractivity contribution in [3.05, 3.63) is 95.4 Å². The molecule has 0 aliphatic rings. The Morgan fingerprint density at radius 1 is 0.852 bits per heavy atom. The summed E-state index contributed by atoms with van der Waals surface area (Å²) in [6.45, 7) is 1.77. The number of amides is 1. The molecule has 0 aliphatic carbocycles. The van der Waals surface area contributed by atoms with Crippen LogP contribution < -0.4 is 5.32 Å². The first-order chi connectivity index (χ1) is 13.1. The van der Waals surface area contributed by atoms with Gasteiger partial charge in [0.2, 0.25) is 0 Å². The number of hydrogen-bond acceptors (Lipinski definition) is 4. The third-order valence-electron chi connectivity index (χ3n) is 4.20. The van der Waals surface area contributed by atoms with E-state index < -0.39 is 0 Å². The second-order valence-corrected chi connectivity index (χ2v) is 6.14. The predicted molar refractivity (Wildman–Crippen MR) is 103 cm³/mol. The van der Waals surface area contributed by atoms with Gasteiger partial charge in [-0.05, 0) is 30.3 Å². The van der Waals surface area contributed by atoms with Crippen molar-refractivity contribution >= 4 is 28.5 Å². The van der Waals surface area contributed by atoms with Crippen LogP contribution in [0.5, 0.6) is 0 Å². The normalized spacial score (nSPS) is 10.7. The van der Waals surface area contributed by atoms with E-state index in [0.29, 0.717) is 39.4 Å². The number of carbonyl (C=O) groups is 2. The number of nitrogens with one attached hydrogen (secondary N) is 1. The Balaban J connectivity index is 1.51. The fourth-order valence-electron chi connectivity index (χ4n) is 2.85. The van der Waals surface area contributed by atoms with Gasteiger partial charge in [0.15, 0.2) is 17.3 Å². The predicted octanol–water partition coefficient (Wildman–Crippen LogP) is 4.62. The molecular formula is C22H16N2O3. The minimum Gasteiger partial charge on any atom is -0.441 e. The van der Waals surface area contributed by atoms with E-state index in [0.717, 1.165) is 0 Å². The van der Waals surface area contributed by atoms with Gasteiger partial charge in [-0.2, -0.15) is 0 Å². The number of hydrogen-bond donors (Lipinski definition) is 1. The van der Waals surface area contributed by atoms with E-state index in [1.54, 1.807) is 61.5 Å². The van der Waals surface area contributed by atoms with E-state index in [1.807, 2.05) is 18.2 Å². The molecule has 5 nitrogen and oxygen atoms in total. The molecule has 0 saturated carbocycles. The topological polar surface area (TPSA) is 72.2 Å². The van der Waals surface area contributed by atoms with Crippen molar-refractivity contribution in [1.82, 2.24) is 4.98 Å². The maximum atomic E-state index is 12.5. The summed E-state index contributed by atoms with van der Waals surface area (Å²) in [4.78, 5) is 29.2. The van der Waals surface area contributed by atoms with Gasteiger partial charge in [0.25, 0.3) is 5.91 Å². The molecule has 0 fully saturated rings. The first-order valence-corrected chi connectivity index (χ1v) is 8.48. The number of oxazole rings is 1. The van der Waals surface area contributed by atoms with Gasteiger partial charge >= 0.3 is 0 Å². The Labute approximate surface area is 155 Å². The van der Waals surface area contributed by atoms with Crippen molar-refractivity contribution in [3.8, 4) is 0 Å². The van der Waals surface area contributed by atoms with E-state index >= 15 is 0 Å². The van der Waals surface area contributed by atoms with Crippen LogP contribution in [0.4, 0.5) is 5.69 Å². The molecule has 0 radical (unpaired) electrons. The highest BCUT2D eigenvalue weighted by molar-refractivity contribution is 6.10. The Hall–Kier alpha value is -3.73. The number of carbonyl (C=O) groups excluding carboxylic acids is 2. The van der Waals surface area contributed by atoms with Crippen LogP contribution in [-0.4, -0.2) is 16.7 Å². The third kappa shape index (κ3) is 3.48. The van der Waals surface area contributed by atoms with Gasteiger partial charge in [-0.1, -0.05) is 42.5 Å². The smallest absolute Gasteiger partial charge is 0.255 e. The van der Waals surface area contributed by atoms with Crippen molar-refractivity contribution in [3.63, 3.8) is 0 Å². The summed E-state index contributed by atoms with van der Waals surface area (Å²) >= 11 is 0. The summed E-state index contributed by atoms with van der Waals surface area (Å²) in [5.74, 6) is 0.245. The SMILES string of the molecule is Cc1nc2cc(NC(=O)c3ccc(C(=O)c4ccccc4)cc3)ccc2o1. The molecule has 132 valence electrons. The molecule has 5 heteroatoms. The number of ketones is 1. The van der Waals surface area contributed by atoms with E-state index in [1.165, 1.54) is 0 Å². The fourth-order valence-corrected chi connectivity index (χ4v) is 2.85. The lowest BCUT2D eigenvalue weighted by Gasteiger charge is -2.06. The number of anilines is 1. The molecule has 27 heavy (non-hydrogen) atoms. The molecule has 0 aliphatic heterocycles. The van der Waals surface area contributed by atoms with Crippen LogP contribution in [0.3, 0.4) is 0 Å². The molecule has 1 aromatic heterocycles. The van der Waals surface area contributed by atoms with Gasteiger partial charge in [-0.25, -0.2) is 4.98 Å². The Morgan fingerprint density at radius 3 is 2.26 bits per heavy atom. The Bertz CT molecular complexity index is 1130. The first kappa shape index (κ1) is 16.7. The van der Waals surface area contributed by atoms with Crippen molar-refractivity contribution in [1.29, 1.82) is 0 Å². The Morgan fingerprint density at radius 2 is 1.52 bits per heavy atom. The second-order valence-electron chi connectivity index (χ2n) is 6.14. The first-order valence-electron chi connectivity index (χ1n) is 8.48. The zero-order valence-electron chi connectivity index (χ0n) is 14.6. The van der Waals surface area contributed by atoms with E-state index in [2.05, 4.69) is 10.3 Å². The van der Waals surface area contributed by atoms with Crippen LogP contribution in [-0.2, 0) is 0 Å².